The number of amides is 3. The van der Waals surface area contributed by atoms with Crippen LogP contribution in [0, 0.1) is 12.7 Å². The number of hydrogen-bond donors (Lipinski definition) is 2. The fourth-order valence-corrected chi connectivity index (χ4v) is 2.38. The first kappa shape index (κ1) is 14.8. The van der Waals surface area contributed by atoms with Crippen LogP contribution in [-0.2, 0) is 0 Å². The van der Waals surface area contributed by atoms with Crippen molar-refractivity contribution in [2.24, 2.45) is 0 Å². The second-order valence-corrected chi connectivity index (χ2v) is 5.36. The molecule has 1 heterocycles. The lowest BCUT2D eigenvalue weighted by molar-refractivity contribution is 0.0945. The molecule has 0 aliphatic carbocycles. The predicted octanol–water partition coefficient (Wildman–Crippen LogP) is 1.65. The number of rotatable bonds is 4. The molecule has 2 N–H and O–H groups in total. The Kier molecular flexibility index (Phi) is 4.59. The highest BCUT2D eigenvalue weighted by molar-refractivity contribution is 9.10. The van der Waals surface area contributed by atoms with Gasteiger partial charge in [-0.05, 0) is 24.6 Å². The molecule has 2 rings (SSSR count). The highest BCUT2D eigenvalue weighted by Gasteiger charge is 2.20. The van der Waals surface area contributed by atoms with Crippen molar-refractivity contribution in [2.75, 3.05) is 26.2 Å². The van der Waals surface area contributed by atoms with Gasteiger partial charge in [0, 0.05) is 30.7 Å². The van der Waals surface area contributed by atoms with Crippen LogP contribution in [0.5, 0.6) is 0 Å². The van der Waals surface area contributed by atoms with Crippen LogP contribution in [0.25, 0.3) is 0 Å². The minimum Gasteiger partial charge on any atom is -0.350 e. The Bertz CT molecular complexity index is 551. The average Bonchev–Trinajstić information content (AvgIpc) is 2.80. The van der Waals surface area contributed by atoms with Crippen molar-refractivity contribution in [3.05, 3.63) is 33.5 Å². The minimum atomic E-state index is -0.554. The van der Waals surface area contributed by atoms with Gasteiger partial charge in [0.25, 0.3) is 5.91 Å². The van der Waals surface area contributed by atoms with E-state index in [-0.39, 0.29) is 18.1 Å². The van der Waals surface area contributed by atoms with E-state index in [1.807, 2.05) is 0 Å². The Morgan fingerprint density at radius 1 is 1.55 bits per heavy atom. The molecule has 1 aliphatic rings. The molecule has 5 nitrogen and oxygen atoms in total. The summed E-state index contributed by atoms with van der Waals surface area (Å²) in [7, 11) is 0. The molecule has 1 saturated heterocycles. The summed E-state index contributed by atoms with van der Waals surface area (Å²) in [5.74, 6) is -1.02. The van der Waals surface area contributed by atoms with Crippen molar-refractivity contribution in [1.29, 1.82) is 0 Å². The van der Waals surface area contributed by atoms with Crippen molar-refractivity contribution >= 4 is 27.9 Å². The molecule has 20 heavy (non-hydrogen) atoms. The summed E-state index contributed by atoms with van der Waals surface area (Å²) in [6.07, 6.45) is 0. The van der Waals surface area contributed by atoms with Gasteiger partial charge in [0.05, 0.1) is 5.56 Å². The van der Waals surface area contributed by atoms with Crippen LogP contribution in [-0.4, -0.2) is 43.0 Å². The van der Waals surface area contributed by atoms with Crippen LogP contribution in [0.4, 0.5) is 9.18 Å². The Hall–Kier alpha value is -1.63. The molecule has 1 aliphatic heterocycles. The lowest BCUT2D eigenvalue weighted by Gasteiger charge is -2.15. The first-order chi connectivity index (χ1) is 9.50. The summed E-state index contributed by atoms with van der Waals surface area (Å²) in [5.41, 5.74) is 0.590. The van der Waals surface area contributed by atoms with Gasteiger partial charge in [0.15, 0.2) is 0 Å². The topological polar surface area (TPSA) is 61.4 Å². The van der Waals surface area contributed by atoms with Crippen LogP contribution >= 0.6 is 15.9 Å². The summed E-state index contributed by atoms with van der Waals surface area (Å²) >= 11 is 3.27. The molecule has 0 radical (unpaired) electrons. The van der Waals surface area contributed by atoms with Gasteiger partial charge in [-0.2, -0.15) is 0 Å². The zero-order valence-electron chi connectivity index (χ0n) is 11.0. The molecule has 0 unspecified atom stereocenters. The van der Waals surface area contributed by atoms with Gasteiger partial charge < -0.3 is 15.5 Å². The zero-order chi connectivity index (χ0) is 14.7. The number of urea groups is 1. The summed E-state index contributed by atoms with van der Waals surface area (Å²) in [4.78, 5) is 24.9. The van der Waals surface area contributed by atoms with Gasteiger partial charge in [-0.1, -0.05) is 15.9 Å². The van der Waals surface area contributed by atoms with Crippen LogP contribution in [0.15, 0.2) is 16.6 Å². The van der Waals surface area contributed by atoms with E-state index in [1.54, 1.807) is 17.9 Å². The first-order valence-electron chi connectivity index (χ1n) is 6.26. The maximum atomic E-state index is 13.7. The summed E-state index contributed by atoms with van der Waals surface area (Å²) < 4.78 is 14.4. The number of carbonyl (C=O) groups excluding carboxylic acids is 2. The summed E-state index contributed by atoms with van der Waals surface area (Å²) in [6.45, 7) is 3.62. The molecule has 108 valence electrons. The van der Waals surface area contributed by atoms with Gasteiger partial charge in [0.1, 0.15) is 5.82 Å². The monoisotopic (exact) mass is 343 g/mol. The third-order valence-corrected chi connectivity index (χ3v) is 4.05. The summed E-state index contributed by atoms with van der Waals surface area (Å²) in [5, 5.41) is 5.31. The van der Waals surface area contributed by atoms with E-state index in [2.05, 4.69) is 26.6 Å². The largest absolute Gasteiger partial charge is 0.350 e. The van der Waals surface area contributed by atoms with Crippen LogP contribution in [0.3, 0.4) is 0 Å². The van der Waals surface area contributed by atoms with Crippen molar-refractivity contribution in [3.8, 4) is 0 Å². The number of nitrogens with one attached hydrogen (secondary N) is 2. The molecule has 0 atom stereocenters. The average molecular weight is 344 g/mol. The van der Waals surface area contributed by atoms with E-state index < -0.39 is 11.7 Å². The Morgan fingerprint density at radius 3 is 2.95 bits per heavy atom. The molecule has 1 fully saturated rings. The van der Waals surface area contributed by atoms with E-state index in [0.29, 0.717) is 29.7 Å². The first-order valence-corrected chi connectivity index (χ1v) is 7.05. The molecule has 3 amide bonds. The maximum Gasteiger partial charge on any atom is 0.317 e. The molecule has 1 aromatic rings. The normalized spacial score (nSPS) is 14.3. The molecule has 0 aromatic heterocycles. The fraction of sp³-hybridized carbons (Fsp3) is 0.385. The number of benzene rings is 1. The molecular weight excluding hydrogens is 329 g/mol. The van der Waals surface area contributed by atoms with Gasteiger partial charge in [-0.25, -0.2) is 9.18 Å². The van der Waals surface area contributed by atoms with E-state index >= 15 is 0 Å². The van der Waals surface area contributed by atoms with E-state index in [9.17, 15) is 14.0 Å². The molecule has 7 heteroatoms. The van der Waals surface area contributed by atoms with Gasteiger partial charge in [0.2, 0.25) is 0 Å². The lowest BCUT2D eigenvalue weighted by atomic mass is 10.1. The van der Waals surface area contributed by atoms with Gasteiger partial charge in [-0.15, -0.1) is 0 Å². The van der Waals surface area contributed by atoms with E-state index in [4.69, 9.17) is 0 Å². The number of hydrogen-bond acceptors (Lipinski definition) is 2. The van der Waals surface area contributed by atoms with E-state index in [0.717, 1.165) is 0 Å². The van der Waals surface area contributed by atoms with Crippen LogP contribution in [0.1, 0.15) is 15.9 Å². The second kappa shape index (κ2) is 6.21. The SMILES string of the molecule is Cc1c(Br)ccc(F)c1C(=O)NCCN1CCNC1=O. The van der Waals surface area contributed by atoms with Crippen molar-refractivity contribution in [3.63, 3.8) is 0 Å². The third-order valence-electron chi connectivity index (χ3n) is 3.19. The lowest BCUT2D eigenvalue weighted by Crippen LogP contribution is -2.37. The molecular formula is C13H15BrFN3O2. The molecule has 0 saturated carbocycles. The van der Waals surface area contributed by atoms with Gasteiger partial charge >= 0.3 is 6.03 Å². The molecule has 1 aromatic carbocycles. The molecule has 0 spiro atoms. The second-order valence-electron chi connectivity index (χ2n) is 4.50. The van der Waals surface area contributed by atoms with Gasteiger partial charge in [-0.3, -0.25) is 4.79 Å². The number of carbonyl (C=O) groups is 2. The van der Waals surface area contributed by atoms with Crippen LogP contribution in [0.2, 0.25) is 0 Å². The highest BCUT2D eigenvalue weighted by Crippen LogP contribution is 2.22. The zero-order valence-corrected chi connectivity index (χ0v) is 12.6. The molecule has 0 bridgehead atoms. The van der Waals surface area contributed by atoms with Crippen molar-refractivity contribution in [1.82, 2.24) is 15.5 Å². The number of nitrogens with zero attached hydrogens (tertiary/aromatic N) is 1. The van der Waals surface area contributed by atoms with Crippen LogP contribution < -0.4 is 10.6 Å². The fourth-order valence-electron chi connectivity index (χ4n) is 2.05. The summed E-state index contributed by atoms with van der Waals surface area (Å²) in [6, 6.07) is 2.68. The van der Waals surface area contributed by atoms with Crippen molar-refractivity contribution in [2.45, 2.75) is 6.92 Å². The standard InChI is InChI=1S/C13H15BrFN3O2/c1-8-9(14)2-3-10(15)11(8)12(19)16-4-6-18-7-5-17-13(18)20/h2-3H,4-7H2,1H3,(H,16,19)(H,17,20). The highest BCUT2D eigenvalue weighted by atomic mass is 79.9. The Balaban J connectivity index is 1.95. The number of halogens is 2. The maximum absolute atomic E-state index is 13.7. The Morgan fingerprint density at radius 2 is 2.30 bits per heavy atom. The van der Waals surface area contributed by atoms with Crippen molar-refractivity contribution < 1.29 is 14.0 Å². The third kappa shape index (κ3) is 3.09. The van der Waals surface area contributed by atoms with E-state index in [1.165, 1.54) is 6.07 Å². The predicted molar refractivity (Wildman–Crippen MR) is 76.1 cm³/mol. The smallest absolute Gasteiger partial charge is 0.317 e. The minimum absolute atomic E-state index is 0.0326. The quantitative estimate of drug-likeness (QED) is 0.873. The Labute approximate surface area is 124 Å².